The number of fused-ring (bicyclic) bond motifs is 1. The van der Waals surface area contributed by atoms with Gasteiger partial charge in [-0.3, -0.25) is 5.10 Å². The molecule has 160 valence electrons. The van der Waals surface area contributed by atoms with E-state index in [0.29, 0.717) is 22.8 Å². The van der Waals surface area contributed by atoms with Crippen LogP contribution in [0.5, 0.6) is 11.5 Å². The number of nitrogens with zero attached hydrogens (tertiary/aromatic N) is 4. The van der Waals surface area contributed by atoms with Gasteiger partial charge in [-0.2, -0.15) is 15.3 Å². The summed E-state index contributed by atoms with van der Waals surface area (Å²) in [6, 6.07) is 22.6. The van der Waals surface area contributed by atoms with Crippen molar-refractivity contribution in [2.24, 2.45) is 0 Å². The Balaban J connectivity index is 1.37. The number of aromatic amines is 1. The van der Waals surface area contributed by atoms with Crippen molar-refractivity contribution in [3.8, 4) is 28.8 Å². The lowest BCUT2D eigenvalue weighted by atomic mass is 10.1. The first kappa shape index (κ1) is 20.4. The molecule has 0 bridgehead atoms. The Morgan fingerprint density at radius 3 is 2.79 bits per heavy atom. The van der Waals surface area contributed by atoms with E-state index in [-0.39, 0.29) is 5.95 Å². The highest BCUT2D eigenvalue weighted by molar-refractivity contribution is 7.27. The monoisotopic (exact) mass is 451 g/mol. The SMILES string of the molecule is N#Cc1cccc(-c2cc(Nc3ccc(Oc4ccc5[nH]ncc5c4)c(P)c3)nc(N)n2)c1. The second-order valence-electron chi connectivity index (χ2n) is 7.29. The highest BCUT2D eigenvalue weighted by Crippen LogP contribution is 2.28. The molecule has 0 saturated carbocycles. The molecule has 0 aliphatic carbocycles. The molecule has 1 unspecified atom stereocenters. The molecular weight excluding hydrogens is 433 g/mol. The fraction of sp³-hybridized carbons (Fsp3) is 0. The molecule has 0 radical (unpaired) electrons. The zero-order valence-corrected chi connectivity index (χ0v) is 18.4. The number of nitrogens with one attached hydrogen (secondary N) is 2. The molecule has 0 spiro atoms. The second kappa shape index (κ2) is 8.58. The van der Waals surface area contributed by atoms with E-state index in [1.54, 1.807) is 24.4 Å². The van der Waals surface area contributed by atoms with E-state index >= 15 is 0 Å². The van der Waals surface area contributed by atoms with Gasteiger partial charge in [0.2, 0.25) is 5.95 Å². The van der Waals surface area contributed by atoms with Crippen molar-refractivity contribution in [1.82, 2.24) is 20.2 Å². The summed E-state index contributed by atoms with van der Waals surface area (Å²) in [4.78, 5) is 8.59. The Kier molecular flexibility index (Phi) is 5.31. The molecule has 2 aromatic heterocycles. The van der Waals surface area contributed by atoms with Crippen LogP contribution < -0.4 is 21.1 Å². The molecule has 4 N–H and O–H groups in total. The molecule has 0 aliphatic heterocycles. The fourth-order valence-electron chi connectivity index (χ4n) is 3.40. The molecule has 0 aliphatic rings. The number of benzene rings is 3. The summed E-state index contributed by atoms with van der Waals surface area (Å²) in [6.07, 6.45) is 1.76. The smallest absolute Gasteiger partial charge is 0.222 e. The van der Waals surface area contributed by atoms with Crippen molar-refractivity contribution in [1.29, 1.82) is 5.26 Å². The van der Waals surface area contributed by atoms with Crippen molar-refractivity contribution in [3.05, 3.63) is 78.5 Å². The number of hydrogen-bond acceptors (Lipinski definition) is 7. The number of anilines is 3. The van der Waals surface area contributed by atoms with Crippen LogP contribution in [-0.2, 0) is 0 Å². The number of nitriles is 1. The summed E-state index contributed by atoms with van der Waals surface area (Å²) in [5, 5.41) is 21.2. The van der Waals surface area contributed by atoms with Gasteiger partial charge in [0.05, 0.1) is 29.0 Å². The normalized spacial score (nSPS) is 10.7. The third-order valence-electron chi connectivity index (χ3n) is 4.95. The van der Waals surface area contributed by atoms with Crippen LogP contribution in [0.1, 0.15) is 5.56 Å². The first-order valence-corrected chi connectivity index (χ1v) is 10.6. The third-order valence-corrected chi connectivity index (χ3v) is 5.40. The zero-order chi connectivity index (χ0) is 22.8. The Labute approximate surface area is 191 Å². The van der Waals surface area contributed by atoms with Gasteiger partial charge in [0.15, 0.2) is 0 Å². The maximum atomic E-state index is 9.15. The van der Waals surface area contributed by atoms with E-state index in [1.165, 1.54) is 0 Å². The lowest BCUT2D eigenvalue weighted by Crippen LogP contribution is -2.04. The quantitative estimate of drug-likeness (QED) is 0.336. The molecule has 3 aromatic carbocycles. The molecule has 0 fully saturated rings. The van der Waals surface area contributed by atoms with Crippen LogP contribution in [0, 0.1) is 11.3 Å². The van der Waals surface area contributed by atoms with Crippen LogP contribution in [-0.4, -0.2) is 20.2 Å². The molecule has 2 heterocycles. The van der Waals surface area contributed by atoms with E-state index in [4.69, 9.17) is 15.7 Å². The van der Waals surface area contributed by atoms with Gasteiger partial charge in [0.1, 0.15) is 17.3 Å². The van der Waals surface area contributed by atoms with E-state index in [9.17, 15) is 0 Å². The van der Waals surface area contributed by atoms with Gasteiger partial charge in [-0.15, -0.1) is 9.24 Å². The first-order chi connectivity index (χ1) is 16.1. The second-order valence-corrected chi connectivity index (χ2v) is 7.91. The minimum Gasteiger partial charge on any atom is -0.457 e. The summed E-state index contributed by atoms with van der Waals surface area (Å²) < 4.78 is 6.05. The molecule has 5 aromatic rings. The van der Waals surface area contributed by atoms with Crippen LogP contribution in [0.4, 0.5) is 17.5 Å². The maximum absolute atomic E-state index is 9.15. The van der Waals surface area contributed by atoms with Crippen LogP contribution >= 0.6 is 9.24 Å². The molecular formula is C24H18N7OP. The predicted octanol–water partition coefficient (Wildman–Crippen LogP) is 4.51. The van der Waals surface area contributed by atoms with Crippen molar-refractivity contribution in [2.75, 3.05) is 11.1 Å². The third kappa shape index (κ3) is 4.45. The summed E-state index contributed by atoms with van der Waals surface area (Å²) >= 11 is 0. The van der Waals surface area contributed by atoms with Crippen LogP contribution in [0.15, 0.2) is 72.9 Å². The summed E-state index contributed by atoms with van der Waals surface area (Å²) in [5.74, 6) is 2.12. The number of aromatic nitrogens is 4. The number of rotatable bonds is 5. The highest BCUT2D eigenvalue weighted by atomic mass is 31.0. The lowest BCUT2D eigenvalue weighted by molar-refractivity contribution is 0.487. The van der Waals surface area contributed by atoms with Gasteiger partial charge in [0, 0.05) is 28.0 Å². The minimum atomic E-state index is 0.137. The number of hydrogen-bond donors (Lipinski definition) is 3. The molecule has 0 amide bonds. The number of nitrogens with two attached hydrogens (primary N) is 1. The summed E-state index contributed by atoms with van der Waals surface area (Å²) in [6.45, 7) is 0. The highest BCUT2D eigenvalue weighted by Gasteiger charge is 2.09. The number of H-pyrrole nitrogens is 1. The minimum absolute atomic E-state index is 0.137. The molecule has 5 rings (SSSR count). The molecule has 8 nitrogen and oxygen atoms in total. The average molecular weight is 451 g/mol. The van der Waals surface area contributed by atoms with Crippen molar-refractivity contribution < 1.29 is 4.74 Å². The Morgan fingerprint density at radius 2 is 1.94 bits per heavy atom. The average Bonchev–Trinajstić information content (AvgIpc) is 3.28. The van der Waals surface area contributed by atoms with E-state index in [1.807, 2.05) is 48.5 Å². The van der Waals surface area contributed by atoms with Crippen LogP contribution in [0.3, 0.4) is 0 Å². The van der Waals surface area contributed by atoms with E-state index < -0.39 is 0 Å². The van der Waals surface area contributed by atoms with Gasteiger partial charge < -0.3 is 15.8 Å². The number of ether oxygens (including phenoxy) is 1. The standard InChI is InChI=1S/C24H18N7OP/c25-12-14-2-1-3-15(8-14)20-11-23(30-24(26)29-20)28-17-4-7-21(22(33)10-17)32-18-5-6-19-16(9-18)13-27-31-19/h1-11,13H,33H2,(H,27,31)(H3,26,28,29,30). The van der Waals surface area contributed by atoms with Crippen molar-refractivity contribution >= 4 is 42.9 Å². The number of nitrogen functional groups attached to an aromatic ring is 1. The van der Waals surface area contributed by atoms with Crippen LogP contribution in [0.2, 0.25) is 0 Å². The maximum Gasteiger partial charge on any atom is 0.222 e. The van der Waals surface area contributed by atoms with Gasteiger partial charge in [-0.25, -0.2) is 4.98 Å². The fourth-order valence-corrected chi connectivity index (χ4v) is 3.74. The van der Waals surface area contributed by atoms with Crippen LogP contribution in [0.25, 0.3) is 22.2 Å². The molecule has 9 heteroatoms. The lowest BCUT2D eigenvalue weighted by Gasteiger charge is -2.12. The van der Waals surface area contributed by atoms with E-state index in [0.717, 1.165) is 33.2 Å². The predicted molar refractivity (Wildman–Crippen MR) is 132 cm³/mol. The van der Waals surface area contributed by atoms with Gasteiger partial charge >= 0.3 is 0 Å². The summed E-state index contributed by atoms with van der Waals surface area (Å²) in [5.41, 5.74) is 9.67. The topological polar surface area (TPSA) is 126 Å². The van der Waals surface area contributed by atoms with Crippen molar-refractivity contribution in [2.45, 2.75) is 0 Å². The largest absolute Gasteiger partial charge is 0.457 e. The van der Waals surface area contributed by atoms with E-state index in [2.05, 4.69) is 40.8 Å². The Morgan fingerprint density at radius 1 is 1.03 bits per heavy atom. The molecule has 1 atom stereocenters. The summed E-state index contributed by atoms with van der Waals surface area (Å²) in [7, 11) is 2.68. The molecule has 33 heavy (non-hydrogen) atoms. The Hall–Kier alpha value is -4.47. The first-order valence-electron chi connectivity index (χ1n) is 10.00. The van der Waals surface area contributed by atoms with Gasteiger partial charge in [-0.05, 0) is 48.5 Å². The van der Waals surface area contributed by atoms with Gasteiger partial charge in [0.25, 0.3) is 0 Å². The zero-order valence-electron chi connectivity index (χ0n) is 17.3. The van der Waals surface area contributed by atoms with Crippen molar-refractivity contribution in [3.63, 3.8) is 0 Å². The Bertz CT molecular complexity index is 1520. The van der Waals surface area contributed by atoms with Gasteiger partial charge in [-0.1, -0.05) is 12.1 Å². The molecule has 0 saturated heterocycles.